The molecule has 1 aliphatic heterocycles. The lowest BCUT2D eigenvalue weighted by Crippen LogP contribution is -2.12. The minimum Gasteiger partial charge on any atom is -0.493 e. The molecule has 3 aromatic rings. The van der Waals surface area contributed by atoms with Gasteiger partial charge in [0.05, 0.1) is 12.3 Å². The summed E-state index contributed by atoms with van der Waals surface area (Å²) in [5.74, 6) is 1.38. The van der Waals surface area contributed by atoms with Gasteiger partial charge >= 0.3 is 0 Å². The number of carbonyl (C=O) groups excluding carboxylic acids is 1. The Labute approximate surface area is 138 Å². The number of aryl methyl sites for hydroxylation is 1. The Kier molecular flexibility index (Phi) is 3.45. The number of amides is 1. The van der Waals surface area contributed by atoms with Crippen molar-refractivity contribution < 1.29 is 9.53 Å². The first-order chi connectivity index (χ1) is 11.7. The molecular formula is C17H15N5O2. The minimum absolute atomic E-state index is 0.157. The number of hydrogen-bond acceptors (Lipinski definition) is 5. The number of anilines is 1. The van der Waals surface area contributed by atoms with Crippen molar-refractivity contribution in [2.75, 3.05) is 11.9 Å². The number of nitrogens with one attached hydrogen (secondary N) is 1. The maximum atomic E-state index is 12.5. The van der Waals surface area contributed by atoms with E-state index in [1.54, 1.807) is 10.7 Å². The predicted molar refractivity (Wildman–Crippen MR) is 87.5 cm³/mol. The topological polar surface area (TPSA) is 81.9 Å². The largest absolute Gasteiger partial charge is 0.493 e. The third-order valence-corrected chi connectivity index (χ3v) is 3.93. The van der Waals surface area contributed by atoms with E-state index in [0.717, 1.165) is 23.4 Å². The molecule has 0 unspecified atom stereocenters. The number of rotatable bonds is 3. The van der Waals surface area contributed by atoms with Gasteiger partial charge in [-0.2, -0.15) is 4.68 Å². The fourth-order valence-corrected chi connectivity index (χ4v) is 2.72. The molecule has 0 fully saturated rings. The highest BCUT2D eigenvalue weighted by Crippen LogP contribution is 2.26. The Morgan fingerprint density at radius 1 is 1.25 bits per heavy atom. The Morgan fingerprint density at radius 3 is 3.00 bits per heavy atom. The molecule has 120 valence electrons. The van der Waals surface area contributed by atoms with Crippen LogP contribution in [0.2, 0.25) is 0 Å². The van der Waals surface area contributed by atoms with Crippen LogP contribution in [0.4, 0.5) is 5.69 Å². The lowest BCUT2D eigenvalue weighted by atomic mass is 10.1. The second-order valence-corrected chi connectivity index (χ2v) is 5.56. The van der Waals surface area contributed by atoms with Crippen molar-refractivity contribution in [2.24, 2.45) is 0 Å². The number of tetrazole rings is 1. The summed E-state index contributed by atoms with van der Waals surface area (Å²) in [6.45, 7) is 2.49. The molecule has 1 aliphatic rings. The van der Waals surface area contributed by atoms with Gasteiger partial charge < -0.3 is 10.1 Å². The van der Waals surface area contributed by atoms with E-state index in [1.807, 2.05) is 43.3 Å². The van der Waals surface area contributed by atoms with Crippen molar-refractivity contribution in [3.8, 4) is 11.4 Å². The van der Waals surface area contributed by atoms with Crippen LogP contribution in [0.3, 0.4) is 0 Å². The normalized spacial score (nSPS) is 12.5. The monoisotopic (exact) mass is 321 g/mol. The maximum Gasteiger partial charge on any atom is 0.255 e. The van der Waals surface area contributed by atoms with Gasteiger partial charge in [-0.25, -0.2) is 0 Å². The van der Waals surface area contributed by atoms with Gasteiger partial charge in [-0.05, 0) is 59.3 Å². The van der Waals surface area contributed by atoms with E-state index in [9.17, 15) is 4.79 Å². The van der Waals surface area contributed by atoms with Crippen LogP contribution < -0.4 is 10.1 Å². The van der Waals surface area contributed by atoms with Crippen molar-refractivity contribution in [1.29, 1.82) is 0 Å². The first kappa shape index (κ1) is 14.4. The zero-order valence-electron chi connectivity index (χ0n) is 13.1. The van der Waals surface area contributed by atoms with E-state index in [4.69, 9.17) is 4.74 Å². The molecule has 7 heteroatoms. The zero-order valence-corrected chi connectivity index (χ0v) is 13.1. The summed E-state index contributed by atoms with van der Waals surface area (Å²) < 4.78 is 7.08. The Hall–Kier alpha value is -3.22. The van der Waals surface area contributed by atoms with Crippen molar-refractivity contribution in [3.05, 3.63) is 59.4 Å². The highest BCUT2D eigenvalue weighted by Gasteiger charge is 2.15. The molecule has 0 saturated carbocycles. The first-order valence-electron chi connectivity index (χ1n) is 7.63. The number of hydrogen-bond donors (Lipinski definition) is 1. The number of carbonyl (C=O) groups is 1. The molecule has 2 aromatic carbocycles. The first-order valence-corrected chi connectivity index (χ1v) is 7.63. The fourth-order valence-electron chi connectivity index (χ4n) is 2.72. The summed E-state index contributed by atoms with van der Waals surface area (Å²) in [5.41, 5.74) is 3.16. The predicted octanol–water partition coefficient (Wildman–Crippen LogP) is 2.16. The molecule has 2 heterocycles. The van der Waals surface area contributed by atoms with Crippen molar-refractivity contribution in [2.45, 2.75) is 13.3 Å². The van der Waals surface area contributed by atoms with Crippen LogP contribution in [0, 0.1) is 6.92 Å². The Morgan fingerprint density at radius 2 is 2.17 bits per heavy atom. The second-order valence-electron chi connectivity index (χ2n) is 5.56. The van der Waals surface area contributed by atoms with E-state index in [1.165, 1.54) is 0 Å². The number of aromatic nitrogens is 4. The van der Waals surface area contributed by atoms with Gasteiger partial charge in [0.2, 0.25) is 0 Å². The molecule has 1 N–H and O–H groups in total. The molecule has 0 aliphatic carbocycles. The van der Waals surface area contributed by atoms with Crippen LogP contribution in [0.5, 0.6) is 5.75 Å². The van der Waals surface area contributed by atoms with E-state index in [0.29, 0.717) is 23.7 Å². The van der Waals surface area contributed by atoms with Gasteiger partial charge in [-0.3, -0.25) is 4.79 Å². The summed E-state index contributed by atoms with van der Waals surface area (Å²) in [6.07, 6.45) is 0.838. The minimum atomic E-state index is -0.157. The number of benzene rings is 2. The standard InChI is InChI=1S/C17H15N5O2/c1-11-19-20-21-22(11)15-4-2-3-14(10-15)18-17(23)13-5-6-16-12(9-13)7-8-24-16/h2-6,9-10H,7-8H2,1H3,(H,18,23). The summed E-state index contributed by atoms with van der Waals surface area (Å²) in [7, 11) is 0. The van der Waals surface area contributed by atoms with Crippen LogP contribution in [0.1, 0.15) is 21.7 Å². The van der Waals surface area contributed by atoms with Crippen molar-refractivity contribution in [3.63, 3.8) is 0 Å². The average Bonchev–Trinajstić information content (AvgIpc) is 3.22. The molecule has 0 atom stereocenters. The molecule has 0 radical (unpaired) electrons. The molecule has 7 nitrogen and oxygen atoms in total. The molecule has 0 saturated heterocycles. The highest BCUT2D eigenvalue weighted by atomic mass is 16.5. The molecule has 24 heavy (non-hydrogen) atoms. The van der Waals surface area contributed by atoms with Crippen LogP contribution in [0.15, 0.2) is 42.5 Å². The Balaban J connectivity index is 1.57. The van der Waals surface area contributed by atoms with Crippen LogP contribution in [0.25, 0.3) is 5.69 Å². The van der Waals surface area contributed by atoms with E-state index < -0.39 is 0 Å². The van der Waals surface area contributed by atoms with E-state index in [2.05, 4.69) is 20.8 Å². The summed E-state index contributed by atoms with van der Waals surface area (Å²) in [5, 5.41) is 14.3. The number of nitrogens with zero attached hydrogens (tertiary/aromatic N) is 4. The lowest BCUT2D eigenvalue weighted by molar-refractivity contribution is 0.102. The van der Waals surface area contributed by atoms with Gasteiger partial charge in [0, 0.05) is 17.7 Å². The highest BCUT2D eigenvalue weighted by molar-refractivity contribution is 6.04. The van der Waals surface area contributed by atoms with Gasteiger partial charge in [-0.15, -0.1) is 5.10 Å². The lowest BCUT2D eigenvalue weighted by Gasteiger charge is -2.08. The molecule has 4 rings (SSSR count). The van der Waals surface area contributed by atoms with Gasteiger partial charge in [0.15, 0.2) is 5.82 Å². The van der Waals surface area contributed by atoms with Gasteiger partial charge in [0.25, 0.3) is 5.91 Å². The zero-order chi connectivity index (χ0) is 16.5. The third-order valence-electron chi connectivity index (χ3n) is 3.93. The summed E-state index contributed by atoms with van der Waals surface area (Å²) in [4.78, 5) is 12.5. The molecule has 0 bridgehead atoms. The van der Waals surface area contributed by atoms with Crippen LogP contribution in [-0.2, 0) is 6.42 Å². The van der Waals surface area contributed by atoms with Gasteiger partial charge in [-0.1, -0.05) is 6.07 Å². The molecule has 1 amide bonds. The van der Waals surface area contributed by atoms with Crippen LogP contribution >= 0.6 is 0 Å². The van der Waals surface area contributed by atoms with E-state index >= 15 is 0 Å². The molecule has 0 spiro atoms. The Bertz CT molecular complexity index is 919. The van der Waals surface area contributed by atoms with Crippen LogP contribution in [-0.4, -0.2) is 32.7 Å². The SMILES string of the molecule is Cc1nnnn1-c1cccc(NC(=O)c2ccc3c(c2)CCO3)c1. The summed E-state index contributed by atoms with van der Waals surface area (Å²) >= 11 is 0. The number of ether oxygens (including phenoxy) is 1. The van der Waals surface area contributed by atoms with Gasteiger partial charge in [0.1, 0.15) is 5.75 Å². The fraction of sp³-hybridized carbons (Fsp3) is 0.176. The third kappa shape index (κ3) is 2.60. The molecular weight excluding hydrogens is 306 g/mol. The average molecular weight is 321 g/mol. The van der Waals surface area contributed by atoms with Crippen molar-refractivity contribution >= 4 is 11.6 Å². The van der Waals surface area contributed by atoms with E-state index in [-0.39, 0.29) is 5.91 Å². The quantitative estimate of drug-likeness (QED) is 0.799. The van der Waals surface area contributed by atoms with Crippen molar-refractivity contribution in [1.82, 2.24) is 20.2 Å². The summed E-state index contributed by atoms with van der Waals surface area (Å²) in [6, 6.07) is 12.9. The second kappa shape index (κ2) is 5.77. The smallest absolute Gasteiger partial charge is 0.255 e. The molecule has 1 aromatic heterocycles. The maximum absolute atomic E-state index is 12.5. The number of fused-ring (bicyclic) bond motifs is 1.